The number of rotatable bonds is 3. The summed E-state index contributed by atoms with van der Waals surface area (Å²) >= 11 is 0. The summed E-state index contributed by atoms with van der Waals surface area (Å²) in [7, 11) is 0. The second-order valence-corrected chi connectivity index (χ2v) is 11.5. The maximum absolute atomic E-state index is 6.71. The second kappa shape index (κ2) is 8.40. The number of benzene rings is 5. The maximum atomic E-state index is 6.71. The van der Waals surface area contributed by atoms with Crippen LogP contribution in [0.1, 0.15) is 22.4 Å². The normalized spacial score (nSPS) is 17.1. The Morgan fingerprint density at radius 1 is 0.619 bits per heavy atom. The van der Waals surface area contributed by atoms with E-state index in [4.69, 9.17) is 9.47 Å². The molecule has 2 aliphatic heterocycles. The minimum absolute atomic E-state index is 0.710. The molecule has 0 saturated carbocycles. The van der Waals surface area contributed by atoms with Crippen molar-refractivity contribution < 1.29 is 9.47 Å². The first kappa shape index (κ1) is 23.5. The van der Waals surface area contributed by atoms with Gasteiger partial charge in [-0.25, -0.2) is 0 Å². The molecule has 0 fully saturated rings. The molecule has 0 amide bonds. The largest absolute Gasteiger partial charge is 0.451 e. The Morgan fingerprint density at radius 3 is 1.64 bits per heavy atom. The van der Waals surface area contributed by atoms with Crippen LogP contribution in [0.3, 0.4) is 0 Å². The summed E-state index contributed by atoms with van der Waals surface area (Å²) in [5.74, 6) is 1.05. The molecule has 4 nitrogen and oxygen atoms in total. The molecular weight excluding hydrogens is 516 g/mol. The van der Waals surface area contributed by atoms with Gasteiger partial charge >= 0.3 is 0 Å². The van der Waals surface area contributed by atoms with Gasteiger partial charge in [-0.3, -0.25) is 0 Å². The van der Waals surface area contributed by atoms with Crippen LogP contribution in [0.2, 0.25) is 0 Å². The Balaban J connectivity index is 1.08. The summed E-state index contributed by atoms with van der Waals surface area (Å²) < 4.78 is 18.0. The van der Waals surface area contributed by atoms with Crippen molar-refractivity contribution in [3.05, 3.63) is 138 Å². The molecule has 4 heterocycles. The van der Waals surface area contributed by atoms with Gasteiger partial charge in [0.15, 0.2) is 0 Å². The third-order valence-electron chi connectivity index (χ3n) is 9.08. The van der Waals surface area contributed by atoms with Crippen molar-refractivity contribution >= 4 is 38.8 Å². The Bertz CT molecular complexity index is 2200. The monoisotopic (exact) mass is 544 g/mol. The van der Waals surface area contributed by atoms with Crippen molar-refractivity contribution in [3.63, 3.8) is 0 Å². The third-order valence-corrected chi connectivity index (χ3v) is 9.08. The van der Waals surface area contributed by atoms with E-state index in [1.165, 1.54) is 49.4 Å². The van der Waals surface area contributed by atoms with Gasteiger partial charge in [0.2, 0.25) is 0 Å². The van der Waals surface area contributed by atoms with Crippen LogP contribution < -0.4 is 9.47 Å². The van der Waals surface area contributed by atoms with Crippen LogP contribution in [0.15, 0.2) is 116 Å². The highest BCUT2D eigenvalue weighted by Gasteiger charge is 2.47. The molecule has 5 aromatic carbocycles. The van der Waals surface area contributed by atoms with Crippen LogP contribution in [0.25, 0.3) is 50.2 Å². The van der Waals surface area contributed by atoms with Gasteiger partial charge < -0.3 is 18.6 Å². The lowest BCUT2D eigenvalue weighted by Crippen LogP contribution is -2.39. The van der Waals surface area contributed by atoms with Crippen molar-refractivity contribution in [2.24, 2.45) is 0 Å². The molecule has 7 aromatic rings. The Labute approximate surface area is 243 Å². The molecule has 1 atom stereocenters. The molecule has 0 bridgehead atoms. The Morgan fingerprint density at radius 2 is 1.10 bits per heavy atom. The van der Waals surface area contributed by atoms with E-state index < -0.39 is 5.79 Å². The van der Waals surface area contributed by atoms with E-state index in [1.54, 1.807) is 0 Å². The van der Waals surface area contributed by atoms with Gasteiger partial charge in [0.05, 0.1) is 29.4 Å². The summed E-state index contributed by atoms with van der Waals surface area (Å²) in [4.78, 5) is 0. The predicted molar refractivity (Wildman–Crippen MR) is 170 cm³/mol. The molecule has 1 spiro atoms. The van der Waals surface area contributed by atoms with E-state index in [-0.39, 0.29) is 0 Å². The lowest BCUT2D eigenvalue weighted by molar-refractivity contribution is -0.0789. The number of ether oxygens (including phenoxy) is 2. The highest BCUT2D eigenvalue weighted by Crippen LogP contribution is 2.46. The molecule has 0 radical (unpaired) electrons. The SMILES string of the molecule is C=Cc1c(C)c2ccccc2n1-c1ccc2c(c1)OC1(C2)Cc2ccc(-n3c4ccccc4c4ccccc43)cc2O1. The molecule has 1 unspecified atom stereocenters. The lowest BCUT2D eigenvalue weighted by Gasteiger charge is -2.22. The molecule has 4 heteroatoms. The fourth-order valence-corrected chi connectivity index (χ4v) is 7.20. The smallest absolute Gasteiger partial charge is 0.259 e. The zero-order valence-corrected chi connectivity index (χ0v) is 23.3. The Kier molecular flexibility index (Phi) is 4.70. The van der Waals surface area contributed by atoms with Crippen molar-refractivity contribution in [1.82, 2.24) is 9.13 Å². The summed E-state index contributed by atoms with van der Waals surface area (Å²) in [6.07, 6.45) is 3.36. The van der Waals surface area contributed by atoms with Crippen molar-refractivity contribution in [2.45, 2.75) is 25.6 Å². The first-order chi connectivity index (χ1) is 20.6. The predicted octanol–water partition coefficient (Wildman–Crippen LogP) is 8.95. The average molecular weight is 545 g/mol. The van der Waals surface area contributed by atoms with Gasteiger partial charge in [-0.05, 0) is 48.9 Å². The topological polar surface area (TPSA) is 28.3 Å². The lowest BCUT2D eigenvalue weighted by atomic mass is 10.0. The van der Waals surface area contributed by atoms with Crippen LogP contribution >= 0.6 is 0 Å². The minimum atomic E-state index is -0.724. The van der Waals surface area contributed by atoms with Crippen LogP contribution in [-0.2, 0) is 12.8 Å². The number of hydrogen-bond acceptors (Lipinski definition) is 2. The number of para-hydroxylation sites is 3. The van der Waals surface area contributed by atoms with E-state index >= 15 is 0 Å². The zero-order chi connectivity index (χ0) is 28.0. The molecule has 0 saturated heterocycles. The number of aromatic nitrogens is 2. The molecule has 42 heavy (non-hydrogen) atoms. The molecule has 2 aliphatic rings. The van der Waals surface area contributed by atoms with Crippen LogP contribution in [0.4, 0.5) is 0 Å². The summed E-state index contributed by atoms with van der Waals surface area (Å²) in [6, 6.07) is 38.8. The van der Waals surface area contributed by atoms with Crippen molar-refractivity contribution in [3.8, 4) is 22.9 Å². The van der Waals surface area contributed by atoms with E-state index in [1.807, 2.05) is 6.08 Å². The van der Waals surface area contributed by atoms with Crippen LogP contribution in [0, 0.1) is 6.92 Å². The quantitative estimate of drug-likeness (QED) is 0.222. The summed E-state index contributed by atoms with van der Waals surface area (Å²) in [5, 5.41) is 3.74. The zero-order valence-electron chi connectivity index (χ0n) is 23.3. The van der Waals surface area contributed by atoms with E-state index in [0.717, 1.165) is 28.6 Å². The molecule has 2 aromatic heterocycles. The second-order valence-electron chi connectivity index (χ2n) is 11.5. The van der Waals surface area contributed by atoms with Gasteiger partial charge in [0.25, 0.3) is 5.79 Å². The van der Waals surface area contributed by atoms with Crippen molar-refractivity contribution in [1.29, 1.82) is 0 Å². The number of aryl methyl sites for hydroxylation is 1. The van der Waals surface area contributed by atoms with E-state index in [9.17, 15) is 0 Å². The van der Waals surface area contributed by atoms with Crippen LogP contribution in [0.5, 0.6) is 11.5 Å². The highest BCUT2D eigenvalue weighted by atomic mass is 16.7. The molecule has 0 N–H and O–H groups in total. The van der Waals surface area contributed by atoms with Gasteiger partial charge in [0.1, 0.15) is 11.5 Å². The van der Waals surface area contributed by atoms with Crippen LogP contribution in [-0.4, -0.2) is 14.9 Å². The minimum Gasteiger partial charge on any atom is -0.451 e. The number of hydrogen-bond donors (Lipinski definition) is 0. The first-order valence-corrected chi connectivity index (χ1v) is 14.5. The van der Waals surface area contributed by atoms with E-state index in [2.05, 4.69) is 132 Å². The fraction of sp³-hybridized carbons (Fsp3) is 0.105. The third kappa shape index (κ3) is 3.18. The number of nitrogens with zero attached hydrogens (tertiary/aromatic N) is 2. The highest BCUT2D eigenvalue weighted by molar-refractivity contribution is 6.09. The molecule has 0 aliphatic carbocycles. The average Bonchev–Trinajstić information content (AvgIpc) is 3.74. The standard InChI is InChI=1S/C38H28N2O2/c1-3-32-24(2)29-10-4-7-13-33(29)39(32)27-18-16-25-22-38(41-36(25)20-27)23-26-17-19-28(21-37(26)42-38)40-34-14-8-5-11-30(34)31-12-6-9-15-35(31)40/h3-21H,1,22-23H2,2H3. The van der Waals surface area contributed by atoms with Gasteiger partial charge in [-0.15, -0.1) is 0 Å². The summed E-state index contributed by atoms with van der Waals surface area (Å²) in [6.45, 7) is 6.27. The maximum Gasteiger partial charge on any atom is 0.259 e. The van der Waals surface area contributed by atoms with Gasteiger partial charge in [0, 0.05) is 56.5 Å². The molecule has 202 valence electrons. The van der Waals surface area contributed by atoms with Crippen molar-refractivity contribution in [2.75, 3.05) is 0 Å². The Hall–Kier alpha value is -5.22. The van der Waals surface area contributed by atoms with Gasteiger partial charge in [-0.2, -0.15) is 0 Å². The van der Waals surface area contributed by atoms with Gasteiger partial charge in [-0.1, -0.05) is 73.3 Å². The fourth-order valence-electron chi connectivity index (χ4n) is 7.20. The first-order valence-electron chi connectivity index (χ1n) is 14.5. The van der Waals surface area contributed by atoms with E-state index in [0.29, 0.717) is 12.8 Å². The molecular formula is C38H28N2O2. The summed E-state index contributed by atoms with van der Waals surface area (Å²) in [5.41, 5.74) is 10.4. The molecule has 9 rings (SSSR count). The number of fused-ring (bicyclic) bond motifs is 6.